The van der Waals surface area contributed by atoms with E-state index in [0.717, 1.165) is 55.0 Å². The molecule has 4 heterocycles. The maximum Gasteiger partial charge on any atom is 0.272 e. The minimum Gasteiger partial charge on any atom is -0.497 e. The molecule has 1 aromatic heterocycles. The Morgan fingerprint density at radius 2 is 2.00 bits per heavy atom. The lowest BCUT2D eigenvalue weighted by Crippen LogP contribution is -2.54. The third kappa shape index (κ3) is 3.54. The minimum absolute atomic E-state index is 0.00491. The van der Waals surface area contributed by atoms with Crippen molar-refractivity contribution < 1.29 is 19.0 Å². The number of amides is 1. The van der Waals surface area contributed by atoms with E-state index in [0.29, 0.717) is 12.3 Å². The van der Waals surface area contributed by atoms with E-state index in [2.05, 4.69) is 24.9 Å². The van der Waals surface area contributed by atoms with Gasteiger partial charge in [-0.2, -0.15) is 0 Å². The number of pyridine rings is 1. The number of methoxy groups -OCH3 is 1. The van der Waals surface area contributed by atoms with Gasteiger partial charge in [0.15, 0.2) is 0 Å². The van der Waals surface area contributed by atoms with Gasteiger partial charge in [-0.3, -0.25) is 9.78 Å². The summed E-state index contributed by atoms with van der Waals surface area (Å²) in [5, 5.41) is 0. The lowest BCUT2D eigenvalue weighted by atomic mass is 9.64. The van der Waals surface area contributed by atoms with Gasteiger partial charge >= 0.3 is 0 Å². The van der Waals surface area contributed by atoms with E-state index in [1.807, 2.05) is 36.1 Å². The number of carbonyl (C=O) groups is 1. The largest absolute Gasteiger partial charge is 0.497 e. The van der Waals surface area contributed by atoms with Crippen LogP contribution in [0.3, 0.4) is 0 Å². The lowest BCUT2D eigenvalue weighted by molar-refractivity contribution is -0.173. The van der Waals surface area contributed by atoms with E-state index in [9.17, 15) is 4.79 Å². The number of hydrogen-bond acceptors (Lipinski definition) is 5. The summed E-state index contributed by atoms with van der Waals surface area (Å²) in [5.74, 6) is 2.00. The molecule has 0 N–H and O–H groups in total. The molecule has 6 heteroatoms. The molecule has 170 valence electrons. The molecule has 0 bridgehead atoms. The summed E-state index contributed by atoms with van der Waals surface area (Å²) in [7, 11) is 1.69. The smallest absolute Gasteiger partial charge is 0.272 e. The maximum absolute atomic E-state index is 13.0. The van der Waals surface area contributed by atoms with Crippen LogP contribution in [0.15, 0.2) is 36.5 Å². The molecule has 0 unspecified atom stereocenters. The molecule has 3 aliphatic rings. The van der Waals surface area contributed by atoms with Gasteiger partial charge in [-0.05, 0) is 75.3 Å². The van der Waals surface area contributed by atoms with Crippen molar-refractivity contribution in [3.8, 4) is 11.5 Å². The number of ether oxygens (including phenoxy) is 3. The first kappa shape index (κ1) is 21.3. The van der Waals surface area contributed by atoms with E-state index >= 15 is 0 Å². The summed E-state index contributed by atoms with van der Waals surface area (Å²) >= 11 is 0. The summed E-state index contributed by atoms with van der Waals surface area (Å²) < 4.78 is 18.5. The molecule has 2 fully saturated rings. The van der Waals surface area contributed by atoms with E-state index in [-0.39, 0.29) is 28.9 Å². The number of aromatic nitrogens is 1. The molecule has 3 aliphatic heterocycles. The number of aryl methyl sites for hydroxylation is 1. The summed E-state index contributed by atoms with van der Waals surface area (Å²) in [6, 6.07) is 9.80. The summed E-state index contributed by atoms with van der Waals surface area (Å²) in [5.41, 5.74) is 2.33. The van der Waals surface area contributed by atoms with Crippen LogP contribution < -0.4 is 9.47 Å². The molecule has 0 saturated carbocycles. The van der Waals surface area contributed by atoms with E-state index in [4.69, 9.17) is 14.2 Å². The van der Waals surface area contributed by atoms with Gasteiger partial charge in [-0.15, -0.1) is 0 Å². The van der Waals surface area contributed by atoms with Crippen LogP contribution in [0.5, 0.6) is 11.5 Å². The van der Waals surface area contributed by atoms with Crippen LogP contribution in [-0.2, 0) is 4.74 Å². The Morgan fingerprint density at radius 3 is 2.72 bits per heavy atom. The van der Waals surface area contributed by atoms with Crippen LogP contribution >= 0.6 is 0 Å². The van der Waals surface area contributed by atoms with Crippen molar-refractivity contribution in [1.29, 1.82) is 0 Å². The molecule has 2 atom stereocenters. The van der Waals surface area contributed by atoms with Crippen LogP contribution in [-0.4, -0.2) is 48.2 Å². The highest BCUT2D eigenvalue weighted by molar-refractivity contribution is 5.93. The second kappa shape index (κ2) is 7.77. The Kier molecular flexibility index (Phi) is 5.16. The molecule has 5 rings (SSSR count). The number of carbonyl (C=O) groups excluding carboxylic acids is 1. The van der Waals surface area contributed by atoms with Crippen molar-refractivity contribution in [3.05, 3.63) is 53.3 Å². The maximum atomic E-state index is 13.0. The van der Waals surface area contributed by atoms with E-state index in [1.54, 1.807) is 13.3 Å². The fourth-order valence-electron chi connectivity index (χ4n) is 5.65. The van der Waals surface area contributed by atoms with Crippen molar-refractivity contribution in [3.63, 3.8) is 0 Å². The SMILES string of the molecule is COc1ccc2c(c1)[C@H]1OCC3(CCN(C(=O)c4ncccc4C)CC3)C[C@@H]1C(C)(C)O2. The molecule has 1 spiro atoms. The second-order valence-corrected chi connectivity index (χ2v) is 10.1. The zero-order valence-corrected chi connectivity index (χ0v) is 19.4. The Labute approximate surface area is 189 Å². The average molecular weight is 437 g/mol. The fraction of sp³-hybridized carbons (Fsp3) is 0.538. The zero-order chi connectivity index (χ0) is 22.5. The molecule has 1 aromatic carbocycles. The highest BCUT2D eigenvalue weighted by Crippen LogP contribution is 2.55. The molecule has 1 amide bonds. The molecule has 6 nitrogen and oxygen atoms in total. The average Bonchev–Trinajstić information content (AvgIpc) is 2.79. The quantitative estimate of drug-likeness (QED) is 0.690. The van der Waals surface area contributed by atoms with Gasteiger partial charge in [0.1, 0.15) is 22.8 Å². The number of piperidine rings is 1. The second-order valence-electron chi connectivity index (χ2n) is 10.1. The van der Waals surface area contributed by atoms with Crippen LogP contribution in [0, 0.1) is 18.3 Å². The molecule has 32 heavy (non-hydrogen) atoms. The van der Waals surface area contributed by atoms with Crippen molar-refractivity contribution in [2.45, 2.75) is 51.7 Å². The zero-order valence-electron chi connectivity index (χ0n) is 19.4. The van der Waals surface area contributed by atoms with Crippen molar-refractivity contribution in [1.82, 2.24) is 9.88 Å². The predicted octanol–water partition coefficient (Wildman–Crippen LogP) is 4.57. The van der Waals surface area contributed by atoms with Crippen LogP contribution in [0.4, 0.5) is 0 Å². The van der Waals surface area contributed by atoms with Crippen molar-refractivity contribution in [2.24, 2.45) is 11.3 Å². The van der Waals surface area contributed by atoms with Gasteiger partial charge in [0.25, 0.3) is 5.91 Å². The van der Waals surface area contributed by atoms with E-state index < -0.39 is 0 Å². The first-order valence-electron chi connectivity index (χ1n) is 11.5. The minimum atomic E-state index is -0.322. The summed E-state index contributed by atoms with van der Waals surface area (Å²) in [6.07, 6.45) is 4.61. The Morgan fingerprint density at radius 1 is 1.22 bits per heavy atom. The molecular weight excluding hydrogens is 404 g/mol. The number of likely N-dealkylation sites (tertiary alicyclic amines) is 1. The Hall–Kier alpha value is -2.60. The number of hydrogen-bond donors (Lipinski definition) is 0. The van der Waals surface area contributed by atoms with Crippen LogP contribution in [0.2, 0.25) is 0 Å². The van der Waals surface area contributed by atoms with Gasteiger partial charge in [-0.1, -0.05) is 6.07 Å². The topological polar surface area (TPSA) is 60.9 Å². The fourth-order valence-corrected chi connectivity index (χ4v) is 5.65. The van der Waals surface area contributed by atoms with Gasteiger partial charge in [0, 0.05) is 30.8 Å². The third-order valence-corrected chi connectivity index (χ3v) is 7.70. The molecule has 2 saturated heterocycles. The Balaban J connectivity index is 1.33. The standard InChI is InChI=1S/C26H32N2O4/c1-17-6-5-11-27-22(17)24(29)28-12-9-26(10-13-28)15-20-23(31-16-26)19-14-18(30-4)7-8-21(19)32-25(20,2)3/h5-8,11,14,20,23H,9-10,12-13,15-16H2,1-4H3/t20-,23+/m0/s1. The van der Waals surface area contributed by atoms with Gasteiger partial charge in [-0.25, -0.2) is 0 Å². The molecular formula is C26H32N2O4. The monoisotopic (exact) mass is 436 g/mol. The normalized spacial score (nSPS) is 25.4. The highest BCUT2D eigenvalue weighted by atomic mass is 16.5. The van der Waals surface area contributed by atoms with Crippen LogP contribution in [0.25, 0.3) is 0 Å². The van der Waals surface area contributed by atoms with Crippen molar-refractivity contribution in [2.75, 3.05) is 26.8 Å². The summed E-state index contributed by atoms with van der Waals surface area (Å²) in [4.78, 5) is 19.3. The third-order valence-electron chi connectivity index (χ3n) is 7.70. The lowest BCUT2D eigenvalue weighted by Gasteiger charge is -2.54. The van der Waals surface area contributed by atoms with Gasteiger partial charge in [0.2, 0.25) is 0 Å². The van der Waals surface area contributed by atoms with Gasteiger partial charge in [0.05, 0.1) is 19.8 Å². The summed E-state index contributed by atoms with van der Waals surface area (Å²) in [6.45, 7) is 8.47. The number of fused-ring (bicyclic) bond motifs is 3. The predicted molar refractivity (Wildman–Crippen MR) is 121 cm³/mol. The molecule has 0 radical (unpaired) electrons. The van der Waals surface area contributed by atoms with Gasteiger partial charge < -0.3 is 19.1 Å². The van der Waals surface area contributed by atoms with Crippen molar-refractivity contribution >= 4 is 5.91 Å². The number of benzene rings is 1. The molecule has 2 aromatic rings. The number of nitrogens with zero attached hydrogens (tertiary/aromatic N) is 2. The first-order valence-corrected chi connectivity index (χ1v) is 11.5. The first-order chi connectivity index (χ1) is 15.3. The highest BCUT2D eigenvalue weighted by Gasteiger charge is 2.53. The van der Waals surface area contributed by atoms with Crippen LogP contribution in [0.1, 0.15) is 60.8 Å². The number of rotatable bonds is 2. The van der Waals surface area contributed by atoms with E-state index in [1.165, 1.54) is 0 Å². The Bertz CT molecular complexity index is 1030. The molecule has 0 aliphatic carbocycles.